The lowest BCUT2D eigenvalue weighted by atomic mass is 9.57. The van der Waals surface area contributed by atoms with Gasteiger partial charge in [0.05, 0.1) is 4.90 Å². The highest BCUT2D eigenvalue weighted by atomic mass is 32.2. The van der Waals surface area contributed by atoms with Gasteiger partial charge in [0.25, 0.3) is 0 Å². The number of aromatic amines is 1. The van der Waals surface area contributed by atoms with Crippen LogP contribution in [0.3, 0.4) is 0 Å². The van der Waals surface area contributed by atoms with Gasteiger partial charge in [-0.05, 0) is 43.7 Å². The number of urea groups is 1. The van der Waals surface area contributed by atoms with Crippen LogP contribution in [-0.4, -0.2) is 76.8 Å². The number of hydrogen-bond donors (Lipinski definition) is 1. The van der Waals surface area contributed by atoms with Crippen LogP contribution in [0.15, 0.2) is 29.6 Å². The van der Waals surface area contributed by atoms with E-state index in [0.717, 1.165) is 56.8 Å². The topological polar surface area (TPSA) is 112 Å². The largest absolute Gasteiger partial charge is 0.324 e. The first-order chi connectivity index (χ1) is 14.3. The van der Waals surface area contributed by atoms with Crippen molar-refractivity contribution < 1.29 is 13.2 Å². The summed E-state index contributed by atoms with van der Waals surface area (Å²) in [6.07, 6.45) is 8.16. The van der Waals surface area contributed by atoms with Crippen LogP contribution < -0.4 is 0 Å². The molecule has 2 amide bonds. The molecule has 2 aromatic rings. The summed E-state index contributed by atoms with van der Waals surface area (Å²) in [7, 11) is -3.20. The summed E-state index contributed by atoms with van der Waals surface area (Å²) in [5.74, 6) is 1.67. The van der Waals surface area contributed by atoms with E-state index in [1.165, 1.54) is 18.8 Å². The minimum absolute atomic E-state index is 0.143. The molecule has 2 aromatic heterocycles. The molecule has 0 radical (unpaired) electrons. The minimum Gasteiger partial charge on any atom is -0.324 e. The second-order valence-corrected chi connectivity index (χ2v) is 11.2. The van der Waals surface area contributed by atoms with Gasteiger partial charge in [-0.1, -0.05) is 0 Å². The number of pyridine rings is 1. The van der Waals surface area contributed by atoms with E-state index in [-0.39, 0.29) is 22.3 Å². The second kappa shape index (κ2) is 7.04. The molecule has 2 aliphatic heterocycles. The normalized spacial score (nSPS) is 23.4. The van der Waals surface area contributed by atoms with Crippen LogP contribution in [0.5, 0.6) is 0 Å². The fraction of sp³-hybridized carbons (Fsp3) is 0.600. The molecule has 4 heterocycles. The van der Waals surface area contributed by atoms with Gasteiger partial charge in [-0.15, -0.1) is 0 Å². The van der Waals surface area contributed by atoms with Crippen molar-refractivity contribution in [2.45, 2.75) is 36.5 Å². The van der Waals surface area contributed by atoms with Crippen molar-refractivity contribution in [3.63, 3.8) is 0 Å². The fourth-order valence-corrected chi connectivity index (χ4v) is 5.84. The third-order valence-corrected chi connectivity index (χ3v) is 7.87. The molecule has 0 aromatic carbocycles. The smallest absolute Gasteiger partial charge is 0.320 e. The van der Waals surface area contributed by atoms with Crippen LogP contribution in [0, 0.1) is 11.3 Å². The molecule has 30 heavy (non-hydrogen) atoms. The number of amides is 2. The Kier molecular flexibility index (Phi) is 4.57. The molecule has 1 aliphatic carbocycles. The predicted octanol–water partition coefficient (Wildman–Crippen LogP) is 1.47. The molecule has 1 N–H and O–H groups in total. The number of aromatic nitrogens is 4. The molecule has 2 saturated heterocycles. The predicted molar refractivity (Wildman–Crippen MR) is 108 cm³/mol. The molecule has 1 saturated carbocycles. The molecule has 3 fully saturated rings. The number of carbonyl (C=O) groups excluding carboxylic acids is 1. The Labute approximate surface area is 175 Å². The first-order valence-electron chi connectivity index (χ1n) is 10.4. The number of likely N-dealkylation sites (tertiary alicyclic amines) is 2. The van der Waals surface area contributed by atoms with Crippen molar-refractivity contribution in [2.24, 2.45) is 11.3 Å². The molecule has 1 atom stereocenters. The quantitative estimate of drug-likeness (QED) is 0.786. The Hall–Kier alpha value is -2.49. The van der Waals surface area contributed by atoms with Crippen molar-refractivity contribution in [3.05, 3.63) is 36.2 Å². The summed E-state index contributed by atoms with van der Waals surface area (Å²) in [6.45, 7) is 3.15. The number of hydrogen-bond acceptors (Lipinski definition) is 6. The van der Waals surface area contributed by atoms with Gasteiger partial charge < -0.3 is 9.80 Å². The summed E-state index contributed by atoms with van der Waals surface area (Å²) in [5.41, 5.74) is 1.21. The maximum atomic E-state index is 12.8. The standard InChI is InChI=1S/C20H26N6O3S/c1-30(28,29)17-3-2-16(21-9-17)6-14-7-20(8-14)11-26(12-20)19(27)25-5-4-15(10-25)18-22-13-23-24-18/h2-3,9,13-15H,4-8,10-12H2,1H3,(H,22,23,24)/t15-/m0/s1. The SMILES string of the molecule is CS(=O)(=O)c1ccc(CC2CC3(C2)CN(C(=O)N2CC[C@H](c4ncn[nH]4)C2)C3)nc1. The van der Waals surface area contributed by atoms with E-state index in [2.05, 4.69) is 20.2 Å². The average Bonchev–Trinajstić information content (AvgIpc) is 3.33. The zero-order chi connectivity index (χ0) is 20.9. The van der Waals surface area contributed by atoms with E-state index in [9.17, 15) is 13.2 Å². The zero-order valence-electron chi connectivity index (χ0n) is 17.0. The van der Waals surface area contributed by atoms with E-state index in [1.54, 1.807) is 6.07 Å². The fourth-order valence-electron chi connectivity index (χ4n) is 5.28. The third kappa shape index (κ3) is 3.57. The number of rotatable bonds is 4. The number of nitrogens with one attached hydrogen (secondary N) is 1. The van der Waals surface area contributed by atoms with Crippen molar-refractivity contribution in [2.75, 3.05) is 32.4 Å². The lowest BCUT2D eigenvalue weighted by Crippen LogP contribution is -2.65. The lowest BCUT2D eigenvalue weighted by Gasteiger charge is -2.59. The van der Waals surface area contributed by atoms with Crippen molar-refractivity contribution in [1.82, 2.24) is 30.0 Å². The van der Waals surface area contributed by atoms with Gasteiger partial charge in [-0.3, -0.25) is 10.1 Å². The molecule has 0 unspecified atom stereocenters. The Morgan fingerprint density at radius 1 is 1.23 bits per heavy atom. The van der Waals surface area contributed by atoms with Crippen molar-refractivity contribution in [1.29, 1.82) is 0 Å². The van der Waals surface area contributed by atoms with E-state index < -0.39 is 9.84 Å². The highest BCUT2D eigenvalue weighted by Gasteiger charge is 2.54. The maximum Gasteiger partial charge on any atom is 0.320 e. The van der Waals surface area contributed by atoms with Gasteiger partial charge in [-0.2, -0.15) is 5.10 Å². The van der Waals surface area contributed by atoms with Gasteiger partial charge in [0.15, 0.2) is 9.84 Å². The van der Waals surface area contributed by atoms with E-state index in [1.807, 2.05) is 15.9 Å². The maximum absolute atomic E-state index is 12.8. The van der Waals surface area contributed by atoms with Crippen LogP contribution in [-0.2, 0) is 16.3 Å². The summed E-state index contributed by atoms with van der Waals surface area (Å²) in [5, 5.41) is 6.82. The molecular formula is C20H26N6O3S. The van der Waals surface area contributed by atoms with Crippen LogP contribution in [0.4, 0.5) is 4.79 Å². The molecule has 10 heteroatoms. The first kappa shape index (κ1) is 19.5. The Balaban J connectivity index is 1.08. The second-order valence-electron chi connectivity index (χ2n) is 9.18. The Morgan fingerprint density at radius 2 is 2.03 bits per heavy atom. The number of carbonyl (C=O) groups is 1. The van der Waals surface area contributed by atoms with Crippen LogP contribution in [0.1, 0.15) is 36.7 Å². The third-order valence-electron chi connectivity index (χ3n) is 6.77. The molecule has 1 spiro atoms. The van der Waals surface area contributed by atoms with Gasteiger partial charge >= 0.3 is 6.03 Å². The zero-order valence-corrected chi connectivity index (χ0v) is 17.8. The Morgan fingerprint density at radius 3 is 2.67 bits per heavy atom. The van der Waals surface area contributed by atoms with Crippen molar-refractivity contribution in [3.8, 4) is 0 Å². The molecule has 160 valence electrons. The molecule has 9 nitrogen and oxygen atoms in total. The monoisotopic (exact) mass is 430 g/mol. The highest BCUT2D eigenvalue weighted by Crippen LogP contribution is 2.53. The first-order valence-corrected chi connectivity index (χ1v) is 12.2. The molecule has 0 bridgehead atoms. The van der Waals surface area contributed by atoms with E-state index in [0.29, 0.717) is 12.5 Å². The molecule has 5 rings (SSSR count). The summed E-state index contributed by atoms with van der Waals surface area (Å²) < 4.78 is 23.1. The van der Waals surface area contributed by atoms with Crippen molar-refractivity contribution >= 4 is 15.9 Å². The van der Waals surface area contributed by atoms with Crippen LogP contribution in [0.2, 0.25) is 0 Å². The van der Waals surface area contributed by atoms with Gasteiger partial charge in [-0.25, -0.2) is 18.2 Å². The van der Waals surface area contributed by atoms with E-state index in [4.69, 9.17) is 0 Å². The van der Waals surface area contributed by atoms with Gasteiger partial charge in [0.1, 0.15) is 12.2 Å². The average molecular weight is 431 g/mol. The summed E-state index contributed by atoms with van der Waals surface area (Å²) in [4.78, 5) is 25.5. The van der Waals surface area contributed by atoms with Crippen LogP contribution >= 0.6 is 0 Å². The van der Waals surface area contributed by atoms with E-state index >= 15 is 0 Å². The van der Waals surface area contributed by atoms with Gasteiger partial charge in [0, 0.05) is 55.7 Å². The molecular weight excluding hydrogens is 404 g/mol. The number of H-pyrrole nitrogens is 1. The highest BCUT2D eigenvalue weighted by molar-refractivity contribution is 7.90. The summed E-state index contributed by atoms with van der Waals surface area (Å²) >= 11 is 0. The number of sulfone groups is 1. The number of nitrogens with zero attached hydrogens (tertiary/aromatic N) is 5. The van der Waals surface area contributed by atoms with Gasteiger partial charge in [0.2, 0.25) is 0 Å². The Bertz CT molecular complexity index is 1020. The lowest BCUT2D eigenvalue weighted by molar-refractivity contribution is -0.0756. The summed E-state index contributed by atoms with van der Waals surface area (Å²) in [6, 6.07) is 3.60. The minimum atomic E-state index is -3.20. The van der Waals surface area contributed by atoms with Crippen LogP contribution in [0.25, 0.3) is 0 Å². The molecule has 3 aliphatic rings.